The molecule has 1 amide bonds. The maximum absolute atomic E-state index is 11.9. The summed E-state index contributed by atoms with van der Waals surface area (Å²) >= 11 is 0. The first-order valence-corrected chi connectivity index (χ1v) is 8.32. The van der Waals surface area contributed by atoms with Crippen LogP contribution in [0.4, 0.5) is 0 Å². The van der Waals surface area contributed by atoms with Gasteiger partial charge in [0.15, 0.2) is 16.4 Å². The van der Waals surface area contributed by atoms with Gasteiger partial charge in [-0.15, -0.1) is 0 Å². The van der Waals surface area contributed by atoms with E-state index in [0.29, 0.717) is 12.2 Å². The van der Waals surface area contributed by atoms with Crippen molar-refractivity contribution in [2.75, 3.05) is 18.1 Å². The molecule has 1 aliphatic heterocycles. The van der Waals surface area contributed by atoms with Gasteiger partial charge in [0.1, 0.15) is 5.75 Å². The summed E-state index contributed by atoms with van der Waals surface area (Å²) in [5, 5.41) is 2.76. The van der Waals surface area contributed by atoms with Gasteiger partial charge in [0.05, 0.1) is 17.0 Å². The Labute approximate surface area is 119 Å². The number of sulfone groups is 1. The molecule has 1 aliphatic rings. The van der Waals surface area contributed by atoms with Gasteiger partial charge in [-0.05, 0) is 31.9 Å². The first-order valence-electron chi connectivity index (χ1n) is 6.50. The van der Waals surface area contributed by atoms with Gasteiger partial charge in [0.25, 0.3) is 5.91 Å². The Balaban J connectivity index is 1.89. The highest BCUT2D eigenvalue weighted by Gasteiger charge is 2.39. The molecule has 1 saturated heterocycles. The van der Waals surface area contributed by atoms with Crippen LogP contribution in [-0.2, 0) is 14.6 Å². The third-order valence-electron chi connectivity index (χ3n) is 3.40. The number of nitrogens with one attached hydrogen (secondary N) is 1. The third kappa shape index (κ3) is 3.72. The zero-order valence-electron chi connectivity index (χ0n) is 11.7. The second-order valence-electron chi connectivity index (χ2n) is 5.51. The van der Waals surface area contributed by atoms with E-state index in [4.69, 9.17) is 4.74 Å². The summed E-state index contributed by atoms with van der Waals surface area (Å²) in [6.45, 7) is 3.54. The molecule has 0 aromatic heterocycles. The Morgan fingerprint density at radius 3 is 2.70 bits per heavy atom. The van der Waals surface area contributed by atoms with Crippen molar-refractivity contribution in [2.24, 2.45) is 0 Å². The van der Waals surface area contributed by atoms with Crippen LogP contribution in [0.5, 0.6) is 5.75 Å². The van der Waals surface area contributed by atoms with Crippen LogP contribution in [0.25, 0.3) is 0 Å². The summed E-state index contributed by atoms with van der Waals surface area (Å²) < 4.78 is 28.4. The van der Waals surface area contributed by atoms with Gasteiger partial charge in [-0.2, -0.15) is 0 Å². The minimum absolute atomic E-state index is 0.00386. The maximum atomic E-state index is 11.9. The molecule has 1 fully saturated rings. The van der Waals surface area contributed by atoms with E-state index < -0.39 is 15.4 Å². The van der Waals surface area contributed by atoms with Gasteiger partial charge in [-0.1, -0.05) is 18.2 Å². The van der Waals surface area contributed by atoms with Gasteiger partial charge < -0.3 is 10.1 Å². The maximum Gasteiger partial charge on any atom is 0.258 e. The highest BCUT2D eigenvalue weighted by atomic mass is 32.2. The Bertz CT molecular complexity index is 611. The monoisotopic (exact) mass is 297 g/mol. The summed E-state index contributed by atoms with van der Waals surface area (Å²) in [7, 11) is -3.03. The van der Waals surface area contributed by atoms with Crippen LogP contribution >= 0.6 is 0 Å². The Morgan fingerprint density at radius 2 is 2.10 bits per heavy atom. The molecule has 0 bridgehead atoms. The van der Waals surface area contributed by atoms with E-state index in [1.54, 1.807) is 13.0 Å². The molecule has 0 radical (unpaired) electrons. The molecular weight excluding hydrogens is 278 g/mol. The summed E-state index contributed by atoms with van der Waals surface area (Å²) in [6.07, 6.45) is 0.450. The number of ether oxygens (including phenoxy) is 1. The quantitative estimate of drug-likeness (QED) is 0.902. The summed E-state index contributed by atoms with van der Waals surface area (Å²) in [4.78, 5) is 11.9. The van der Waals surface area contributed by atoms with Crippen LogP contribution in [0.2, 0.25) is 0 Å². The van der Waals surface area contributed by atoms with E-state index in [1.165, 1.54) is 0 Å². The van der Waals surface area contributed by atoms with Crippen LogP contribution in [0.15, 0.2) is 24.3 Å². The van der Waals surface area contributed by atoms with E-state index in [-0.39, 0.29) is 24.0 Å². The van der Waals surface area contributed by atoms with Crippen molar-refractivity contribution in [2.45, 2.75) is 25.8 Å². The zero-order valence-corrected chi connectivity index (χ0v) is 12.5. The average Bonchev–Trinajstić information content (AvgIpc) is 2.62. The molecule has 2 rings (SSSR count). The number of carbonyl (C=O) groups is 1. The van der Waals surface area contributed by atoms with E-state index >= 15 is 0 Å². The number of aryl methyl sites for hydroxylation is 1. The molecule has 1 aromatic carbocycles. The van der Waals surface area contributed by atoms with Crippen LogP contribution in [0.3, 0.4) is 0 Å². The van der Waals surface area contributed by atoms with Crippen LogP contribution < -0.4 is 10.1 Å². The zero-order chi connectivity index (χ0) is 14.8. The lowest BCUT2D eigenvalue weighted by atomic mass is 10.0. The molecule has 6 heteroatoms. The molecule has 1 unspecified atom stereocenters. The Hall–Kier alpha value is -1.56. The topological polar surface area (TPSA) is 72.5 Å². The summed E-state index contributed by atoms with van der Waals surface area (Å²) in [5.41, 5.74) is 0.278. The average molecular weight is 297 g/mol. The molecule has 5 nitrogen and oxygen atoms in total. The molecule has 110 valence electrons. The fourth-order valence-electron chi connectivity index (χ4n) is 2.34. The van der Waals surface area contributed by atoms with Crippen LogP contribution in [0.1, 0.15) is 18.9 Å². The van der Waals surface area contributed by atoms with E-state index in [0.717, 1.165) is 5.56 Å². The molecular formula is C14H19NO4S. The minimum atomic E-state index is -3.03. The van der Waals surface area contributed by atoms with Crippen molar-refractivity contribution in [1.82, 2.24) is 5.32 Å². The standard InChI is InChI=1S/C14H19NO4S/c1-11-5-3-4-6-12(11)19-9-13(16)15-14(2)7-8-20(17,18)10-14/h3-6H,7-10H2,1-2H3,(H,15,16). The van der Waals surface area contributed by atoms with E-state index in [9.17, 15) is 13.2 Å². The van der Waals surface area contributed by atoms with Crippen molar-refractivity contribution in [3.8, 4) is 5.75 Å². The number of hydrogen-bond acceptors (Lipinski definition) is 4. The molecule has 1 N–H and O–H groups in total. The van der Waals surface area contributed by atoms with Gasteiger partial charge in [-0.25, -0.2) is 8.42 Å². The molecule has 0 saturated carbocycles. The normalized spacial score (nSPS) is 24.3. The molecule has 1 heterocycles. The summed E-state index contributed by atoms with van der Waals surface area (Å²) in [6, 6.07) is 7.43. The number of carbonyl (C=O) groups excluding carboxylic acids is 1. The fourth-order valence-corrected chi connectivity index (χ4v) is 4.44. The van der Waals surface area contributed by atoms with Gasteiger partial charge in [0.2, 0.25) is 0 Å². The van der Waals surface area contributed by atoms with E-state index in [2.05, 4.69) is 5.32 Å². The molecule has 20 heavy (non-hydrogen) atoms. The number of hydrogen-bond donors (Lipinski definition) is 1. The van der Waals surface area contributed by atoms with Crippen molar-refractivity contribution in [1.29, 1.82) is 0 Å². The van der Waals surface area contributed by atoms with Gasteiger partial charge in [-0.3, -0.25) is 4.79 Å². The van der Waals surface area contributed by atoms with Crippen molar-refractivity contribution < 1.29 is 17.9 Å². The predicted molar refractivity (Wildman–Crippen MR) is 76.5 cm³/mol. The highest BCUT2D eigenvalue weighted by molar-refractivity contribution is 7.91. The fraction of sp³-hybridized carbons (Fsp3) is 0.500. The third-order valence-corrected chi connectivity index (χ3v) is 5.30. The van der Waals surface area contributed by atoms with Crippen LogP contribution in [0, 0.1) is 6.92 Å². The largest absolute Gasteiger partial charge is 0.484 e. The second-order valence-corrected chi connectivity index (χ2v) is 7.69. The van der Waals surface area contributed by atoms with Crippen molar-refractivity contribution in [3.05, 3.63) is 29.8 Å². The van der Waals surface area contributed by atoms with E-state index in [1.807, 2.05) is 25.1 Å². The smallest absolute Gasteiger partial charge is 0.258 e. The van der Waals surface area contributed by atoms with Crippen molar-refractivity contribution >= 4 is 15.7 Å². The Morgan fingerprint density at radius 1 is 1.40 bits per heavy atom. The lowest BCUT2D eigenvalue weighted by Crippen LogP contribution is -2.48. The lowest BCUT2D eigenvalue weighted by molar-refractivity contribution is -0.124. The number of para-hydroxylation sites is 1. The number of rotatable bonds is 4. The van der Waals surface area contributed by atoms with Gasteiger partial charge in [0, 0.05) is 0 Å². The highest BCUT2D eigenvalue weighted by Crippen LogP contribution is 2.22. The lowest BCUT2D eigenvalue weighted by Gasteiger charge is -2.23. The Kier molecular flexibility index (Phi) is 4.04. The minimum Gasteiger partial charge on any atom is -0.484 e. The number of amides is 1. The number of benzene rings is 1. The second kappa shape index (κ2) is 5.44. The van der Waals surface area contributed by atoms with Crippen LogP contribution in [-0.4, -0.2) is 38.0 Å². The first kappa shape index (κ1) is 14.8. The molecule has 0 aliphatic carbocycles. The molecule has 1 atom stereocenters. The van der Waals surface area contributed by atoms with Crippen molar-refractivity contribution in [3.63, 3.8) is 0 Å². The van der Waals surface area contributed by atoms with Gasteiger partial charge >= 0.3 is 0 Å². The first-order chi connectivity index (χ1) is 9.30. The summed E-state index contributed by atoms with van der Waals surface area (Å²) in [5.74, 6) is 0.484. The molecule has 0 spiro atoms. The SMILES string of the molecule is Cc1ccccc1OCC(=O)NC1(C)CCS(=O)(=O)C1. The molecule has 1 aromatic rings. The predicted octanol–water partition coefficient (Wildman–Crippen LogP) is 1.07.